The predicted octanol–water partition coefficient (Wildman–Crippen LogP) is 2.26. The highest BCUT2D eigenvalue weighted by Crippen LogP contribution is 2.26. The van der Waals surface area contributed by atoms with Gasteiger partial charge in [0.1, 0.15) is 11.9 Å². The van der Waals surface area contributed by atoms with E-state index >= 15 is 0 Å². The third-order valence-electron chi connectivity index (χ3n) is 6.39. The van der Waals surface area contributed by atoms with Crippen LogP contribution in [0.25, 0.3) is 0 Å². The first kappa shape index (κ1) is 23.8. The number of hydrogen-bond donors (Lipinski definition) is 0. The Morgan fingerprint density at radius 1 is 1.06 bits per heavy atom. The zero-order valence-electron chi connectivity index (χ0n) is 19.0. The molecule has 4 rings (SSSR count). The maximum atomic E-state index is 13.7. The van der Waals surface area contributed by atoms with Crippen LogP contribution in [0, 0.1) is 12.7 Å². The summed E-state index contributed by atoms with van der Waals surface area (Å²) < 4.78 is 47.0. The van der Waals surface area contributed by atoms with E-state index in [1.807, 2.05) is 18.2 Å². The van der Waals surface area contributed by atoms with Crippen molar-refractivity contribution in [2.75, 3.05) is 39.3 Å². The molecular formula is C24H30FN3O4S. The summed E-state index contributed by atoms with van der Waals surface area (Å²) in [4.78, 5) is 16.2. The van der Waals surface area contributed by atoms with Crippen LogP contribution >= 0.6 is 0 Å². The second kappa shape index (κ2) is 9.89. The first-order chi connectivity index (χ1) is 15.7. The molecule has 2 atom stereocenters. The SMILES string of the molecule is CC(=O)O[C@@H]1CN(Cc2ccccc2)C[C@H]1N1CCN(S(=O)(=O)c2cc(F)ccc2C)CC1. The van der Waals surface area contributed by atoms with Crippen LogP contribution in [0.3, 0.4) is 0 Å². The average molecular weight is 476 g/mol. The molecule has 2 heterocycles. The standard InChI is InChI=1S/C24H30FN3O4S/c1-18-8-9-21(25)14-24(18)33(30,31)28-12-10-27(11-13-28)22-16-26(17-23(22)32-19(2)29)15-20-6-4-3-5-7-20/h3-9,14,22-23H,10-13,15-17H2,1-2H3/t22-,23-/m1/s1. The maximum Gasteiger partial charge on any atom is 0.303 e. The fraction of sp³-hybridized carbons (Fsp3) is 0.458. The maximum absolute atomic E-state index is 13.7. The summed E-state index contributed by atoms with van der Waals surface area (Å²) in [6.07, 6.45) is -0.264. The second-order valence-corrected chi connectivity index (χ2v) is 10.7. The molecule has 2 saturated heterocycles. The van der Waals surface area contributed by atoms with Crippen molar-refractivity contribution >= 4 is 16.0 Å². The second-order valence-electron chi connectivity index (χ2n) is 8.74. The number of nitrogens with zero attached hydrogens (tertiary/aromatic N) is 3. The van der Waals surface area contributed by atoms with Gasteiger partial charge in [0.05, 0.1) is 10.9 Å². The normalized spacial score (nSPS) is 23.0. The zero-order chi connectivity index (χ0) is 23.6. The lowest BCUT2D eigenvalue weighted by Crippen LogP contribution is -2.55. The van der Waals surface area contributed by atoms with Gasteiger partial charge in [-0.05, 0) is 30.2 Å². The quantitative estimate of drug-likeness (QED) is 0.597. The summed E-state index contributed by atoms with van der Waals surface area (Å²) in [7, 11) is -3.78. The Morgan fingerprint density at radius 3 is 2.42 bits per heavy atom. The molecule has 2 aromatic carbocycles. The summed E-state index contributed by atoms with van der Waals surface area (Å²) in [5.41, 5.74) is 1.72. The molecule has 2 aliphatic heterocycles. The highest BCUT2D eigenvalue weighted by molar-refractivity contribution is 7.89. The van der Waals surface area contributed by atoms with Crippen molar-refractivity contribution in [3.8, 4) is 0 Å². The molecule has 0 spiro atoms. The van der Waals surface area contributed by atoms with Crippen molar-refractivity contribution in [2.24, 2.45) is 0 Å². The van der Waals surface area contributed by atoms with E-state index in [0.29, 0.717) is 38.3 Å². The number of piperazine rings is 1. The number of carbonyl (C=O) groups excluding carboxylic acids is 1. The van der Waals surface area contributed by atoms with Gasteiger partial charge in [0, 0.05) is 52.7 Å². The van der Waals surface area contributed by atoms with E-state index < -0.39 is 15.8 Å². The molecule has 178 valence electrons. The Hall–Kier alpha value is -2.33. The van der Waals surface area contributed by atoms with Gasteiger partial charge in [-0.2, -0.15) is 4.31 Å². The van der Waals surface area contributed by atoms with E-state index in [4.69, 9.17) is 4.74 Å². The number of aryl methyl sites for hydroxylation is 1. The van der Waals surface area contributed by atoms with Crippen LogP contribution in [0.4, 0.5) is 4.39 Å². The molecule has 2 aliphatic rings. The molecule has 0 aromatic heterocycles. The lowest BCUT2D eigenvalue weighted by molar-refractivity contribution is -0.148. The van der Waals surface area contributed by atoms with E-state index in [9.17, 15) is 17.6 Å². The van der Waals surface area contributed by atoms with Gasteiger partial charge in [-0.15, -0.1) is 0 Å². The first-order valence-electron chi connectivity index (χ1n) is 11.2. The molecule has 33 heavy (non-hydrogen) atoms. The average Bonchev–Trinajstić information content (AvgIpc) is 3.17. The van der Waals surface area contributed by atoms with Crippen LogP contribution in [0.5, 0.6) is 0 Å². The van der Waals surface area contributed by atoms with Crippen molar-refractivity contribution in [1.29, 1.82) is 0 Å². The Bertz CT molecular complexity index is 1090. The van der Waals surface area contributed by atoms with Gasteiger partial charge >= 0.3 is 5.97 Å². The van der Waals surface area contributed by atoms with Crippen LogP contribution < -0.4 is 0 Å². The Kier molecular flexibility index (Phi) is 7.13. The lowest BCUT2D eigenvalue weighted by Gasteiger charge is -2.38. The van der Waals surface area contributed by atoms with E-state index in [2.05, 4.69) is 21.9 Å². The third kappa shape index (κ3) is 5.43. The smallest absolute Gasteiger partial charge is 0.303 e. The minimum atomic E-state index is -3.78. The molecule has 0 unspecified atom stereocenters. The van der Waals surface area contributed by atoms with Gasteiger partial charge in [-0.1, -0.05) is 36.4 Å². The summed E-state index contributed by atoms with van der Waals surface area (Å²) >= 11 is 0. The molecule has 7 nitrogen and oxygen atoms in total. The van der Waals surface area contributed by atoms with Crippen molar-refractivity contribution in [1.82, 2.24) is 14.1 Å². The third-order valence-corrected chi connectivity index (χ3v) is 8.43. The predicted molar refractivity (Wildman–Crippen MR) is 123 cm³/mol. The Morgan fingerprint density at radius 2 is 1.76 bits per heavy atom. The molecule has 0 amide bonds. The fourth-order valence-corrected chi connectivity index (χ4v) is 6.41. The number of carbonyl (C=O) groups is 1. The van der Waals surface area contributed by atoms with Crippen molar-refractivity contribution < 1.29 is 22.3 Å². The molecule has 0 N–H and O–H groups in total. The van der Waals surface area contributed by atoms with Gasteiger partial charge in [0.15, 0.2) is 0 Å². The number of ether oxygens (including phenoxy) is 1. The van der Waals surface area contributed by atoms with Crippen LogP contribution in [-0.4, -0.2) is 79.9 Å². The number of rotatable bonds is 6. The number of sulfonamides is 1. The first-order valence-corrected chi connectivity index (χ1v) is 12.6. The van der Waals surface area contributed by atoms with E-state index in [-0.39, 0.29) is 23.0 Å². The van der Waals surface area contributed by atoms with Gasteiger partial charge in [-0.25, -0.2) is 12.8 Å². The number of esters is 1. The molecule has 2 fully saturated rings. The summed E-state index contributed by atoms with van der Waals surface area (Å²) in [5.74, 6) is -0.874. The largest absolute Gasteiger partial charge is 0.459 e. The van der Waals surface area contributed by atoms with Gasteiger partial charge in [0.2, 0.25) is 10.0 Å². The molecule has 0 radical (unpaired) electrons. The fourth-order valence-electron chi connectivity index (χ4n) is 4.75. The zero-order valence-corrected chi connectivity index (χ0v) is 19.8. The number of benzene rings is 2. The number of hydrogen-bond acceptors (Lipinski definition) is 6. The highest BCUT2D eigenvalue weighted by Gasteiger charge is 2.41. The summed E-state index contributed by atoms with van der Waals surface area (Å²) in [6.45, 7) is 6.89. The van der Waals surface area contributed by atoms with Gasteiger partial charge < -0.3 is 4.74 Å². The number of halogens is 1. The van der Waals surface area contributed by atoms with Crippen LogP contribution in [0.2, 0.25) is 0 Å². The minimum absolute atomic E-state index is 0.00151. The molecule has 0 aliphatic carbocycles. The monoisotopic (exact) mass is 475 g/mol. The van der Waals surface area contributed by atoms with Crippen LogP contribution in [-0.2, 0) is 26.1 Å². The van der Waals surface area contributed by atoms with Crippen molar-refractivity contribution in [3.05, 3.63) is 65.5 Å². The lowest BCUT2D eigenvalue weighted by atomic mass is 10.1. The Labute approximate surface area is 194 Å². The van der Waals surface area contributed by atoms with E-state index in [1.165, 1.54) is 28.9 Å². The molecule has 0 saturated carbocycles. The van der Waals surface area contributed by atoms with E-state index in [0.717, 1.165) is 19.2 Å². The van der Waals surface area contributed by atoms with E-state index in [1.54, 1.807) is 6.92 Å². The van der Waals surface area contributed by atoms with Gasteiger partial charge in [0.25, 0.3) is 0 Å². The van der Waals surface area contributed by atoms with Crippen molar-refractivity contribution in [2.45, 2.75) is 37.4 Å². The molecule has 0 bridgehead atoms. The molecular weight excluding hydrogens is 445 g/mol. The summed E-state index contributed by atoms with van der Waals surface area (Å²) in [5, 5.41) is 0. The van der Waals surface area contributed by atoms with Crippen molar-refractivity contribution in [3.63, 3.8) is 0 Å². The number of likely N-dealkylation sites (tertiary alicyclic amines) is 1. The highest BCUT2D eigenvalue weighted by atomic mass is 32.2. The molecule has 9 heteroatoms. The molecule has 2 aromatic rings. The summed E-state index contributed by atoms with van der Waals surface area (Å²) in [6, 6.07) is 14.0. The topological polar surface area (TPSA) is 70.2 Å². The Balaban J connectivity index is 1.43. The van der Waals surface area contributed by atoms with Crippen LogP contribution in [0.1, 0.15) is 18.1 Å². The van der Waals surface area contributed by atoms with Gasteiger partial charge in [-0.3, -0.25) is 14.6 Å². The van der Waals surface area contributed by atoms with Crippen LogP contribution in [0.15, 0.2) is 53.4 Å². The minimum Gasteiger partial charge on any atom is -0.459 e.